The number of hydrogen-bond acceptors (Lipinski definition) is 5. The maximum absolute atomic E-state index is 15.0. The number of anilines is 2. The summed E-state index contributed by atoms with van der Waals surface area (Å²) in [7, 11) is 0. The second-order valence-corrected chi connectivity index (χ2v) is 14.2. The molecule has 1 spiro atoms. The molecule has 2 unspecified atom stereocenters. The largest absolute Gasteiger partial charge is 0.394 e. The number of thioether (sulfide) groups is 1. The highest BCUT2D eigenvalue weighted by Gasteiger charge is 2.74. The summed E-state index contributed by atoms with van der Waals surface area (Å²) in [6.45, 7) is 7.99. The lowest BCUT2D eigenvalue weighted by atomic mass is 9.70. The second kappa shape index (κ2) is 13.5. The summed E-state index contributed by atoms with van der Waals surface area (Å²) in [5.74, 6) is -1.97. The number of rotatable bonds is 12. The molecule has 6 atom stereocenters. The summed E-state index contributed by atoms with van der Waals surface area (Å²) in [5.41, 5.74) is 2.32. The van der Waals surface area contributed by atoms with Gasteiger partial charge in [0.15, 0.2) is 0 Å². The molecule has 0 radical (unpaired) electrons. The Labute approximate surface area is 279 Å². The summed E-state index contributed by atoms with van der Waals surface area (Å²) in [5, 5.41) is 11.3. The highest BCUT2D eigenvalue weighted by Crippen LogP contribution is 2.67. The van der Waals surface area contributed by atoms with E-state index in [1.807, 2.05) is 60.7 Å². The van der Waals surface area contributed by atoms with Crippen LogP contribution in [0.15, 0.2) is 110 Å². The first-order chi connectivity index (χ1) is 22.3. The maximum Gasteiger partial charge on any atom is 0.251 e. The minimum atomic E-state index is -0.890. The van der Waals surface area contributed by atoms with Crippen LogP contribution in [0.4, 0.5) is 11.4 Å². The Balaban J connectivity index is 1.45. The van der Waals surface area contributed by atoms with Crippen molar-refractivity contribution in [3.8, 4) is 0 Å². The fourth-order valence-corrected chi connectivity index (χ4v) is 9.96. The van der Waals surface area contributed by atoms with E-state index in [0.717, 1.165) is 11.3 Å². The minimum absolute atomic E-state index is 0.111. The van der Waals surface area contributed by atoms with Crippen LogP contribution in [0.25, 0.3) is 0 Å². The van der Waals surface area contributed by atoms with Crippen LogP contribution in [0.1, 0.15) is 18.4 Å². The molecule has 3 aromatic carbocycles. The van der Waals surface area contributed by atoms with Crippen molar-refractivity contribution >= 4 is 52.5 Å². The van der Waals surface area contributed by atoms with E-state index in [1.165, 1.54) is 0 Å². The molecule has 3 fully saturated rings. The van der Waals surface area contributed by atoms with Crippen LogP contribution in [0.5, 0.6) is 0 Å². The molecule has 6 rings (SSSR count). The van der Waals surface area contributed by atoms with Crippen LogP contribution < -0.4 is 9.80 Å². The van der Waals surface area contributed by atoms with Crippen LogP contribution in [0.3, 0.4) is 0 Å². The highest BCUT2D eigenvalue weighted by molar-refractivity contribution is 8.02. The Bertz CT molecular complexity index is 1600. The zero-order chi connectivity index (χ0) is 32.4. The van der Waals surface area contributed by atoms with Gasteiger partial charge in [0.05, 0.1) is 29.2 Å². The van der Waals surface area contributed by atoms with E-state index in [9.17, 15) is 19.5 Å². The summed E-state index contributed by atoms with van der Waals surface area (Å²) in [6.07, 6.45) is 5.06. The molecule has 238 valence electrons. The quantitative estimate of drug-likeness (QED) is 0.251. The Hall–Kier alpha value is -3.85. The van der Waals surface area contributed by atoms with Gasteiger partial charge in [-0.1, -0.05) is 72.3 Å². The molecule has 0 saturated carbocycles. The number of nitrogens with zero attached hydrogens (tertiary/aromatic N) is 3. The summed E-state index contributed by atoms with van der Waals surface area (Å²) < 4.78 is -0.828. The van der Waals surface area contributed by atoms with E-state index >= 15 is 0 Å². The molecular formula is C37H38ClN3O4S. The number of benzene rings is 3. The lowest BCUT2D eigenvalue weighted by Crippen LogP contribution is -2.58. The molecule has 3 aromatic rings. The summed E-state index contributed by atoms with van der Waals surface area (Å²) >= 11 is 7.81. The van der Waals surface area contributed by atoms with Crippen molar-refractivity contribution in [2.45, 2.75) is 41.3 Å². The van der Waals surface area contributed by atoms with Crippen molar-refractivity contribution in [2.24, 2.45) is 11.8 Å². The van der Waals surface area contributed by atoms with Gasteiger partial charge < -0.3 is 19.8 Å². The zero-order valence-electron chi connectivity index (χ0n) is 25.6. The second-order valence-electron chi connectivity index (χ2n) is 12.1. The third-order valence-corrected chi connectivity index (χ3v) is 11.7. The van der Waals surface area contributed by atoms with Gasteiger partial charge in [0.1, 0.15) is 6.04 Å². The van der Waals surface area contributed by atoms with Crippen LogP contribution >= 0.6 is 23.4 Å². The van der Waals surface area contributed by atoms with Crippen molar-refractivity contribution < 1.29 is 19.5 Å². The number of aliphatic hydroxyl groups is 1. The van der Waals surface area contributed by atoms with Crippen LogP contribution in [-0.4, -0.2) is 69.5 Å². The zero-order valence-corrected chi connectivity index (χ0v) is 27.2. The molecule has 1 N–H and O–H groups in total. The molecule has 7 nitrogen and oxygen atoms in total. The first-order valence-corrected chi connectivity index (χ1v) is 16.9. The SMILES string of the molecule is C=CCN(C(=O)C1N([C@@H](CO)Cc2ccccc2)C(=O)[C@@H]2[C@@H](C(=O)N(CC=C)c3ccccc3)[C@H]3CCC12S3)c1ccc(Cl)cc1. The van der Waals surface area contributed by atoms with Crippen molar-refractivity contribution in [2.75, 3.05) is 29.5 Å². The van der Waals surface area contributed by atoms with E-state index < -0.39 is 28.7 Å². The minimum Gasteiger partial charge on any atom is -0.394 e. The van der Waals surface area contributed by atoms with E-state index in [2.05, 4.69) is 13.2 Å². The Morgan fingerprint density at radius 1 is 0.935 bits per heavy atom. The topological polar surface area (TPSA) is 81.2 Å². The molecule has 2 bridgehead atoms. The number of halogens is 1. The number of aliphatic hydroxyl groups excluding tert-OH is 1. The number of hydrogen-bond donors (Lipinski definition) is 1. The molecule has 0 aromatic heterocycles. The van der Waals surface area contributed by atoms with Gasteiger partial charge >= 0.3 is 0 Å². The van der Waals surface area contributed by atoms with Gasteiger partial charge in [0.25, 0.3) is 5.91 Å². The molecule has 3 aliphatic heterocycles. The fraction of sp³-hybridized carbons (Fsp3) is 0.324. The van der Waals surface area contributed by atoms with Gasteiger partial charge in [-0.25, -0.2) is 0 Å². The Morgan fingerprint density at radius 2 is 1.52 bits per heavy atom. The van der Waals surface area contributed by atoms with Gasteiger partial charge in [-0.05, 0) is 61.2 Å². The van der Waals surface area contributed by atoms with Crippen molar-refractivity contribution in [1.29, 1.82) is 0 Å². The van der Waals surface area contributed by atoms with Crippen LogP contribution in [0.2, 0.25) is 5.02 Å². The Morgan fingerprint density at radius 3 is 2.13 bits per heavy atom. The first-order valence-electron chi connectivity index (χ1n) is 15.6. The number of likely N-dealkylation sites (tertiary alicyclic amines) is 1. The Kier molecular flexibility index (Phi) is 9.41. The number of fused-ring (bicyclic) bond motifs is 1. The third kappa shape index (κ3) is 5.57. The lowest BCUT2D eigenvalue weighted by molar-refractivity contribution is -0.141. The molecule has 3 saturated heterocycles. The van der Waals surface area contributed by atoms with Crippen molar-refractivity contribution in [1.82, 2.24) is 4.90 Å². The predicted molar refractivity (Wildman–Crippen MR) is 185 cm³/mol. The van der Waals surface area contributed by atoms with E-state index in [0.29, 0.717) is 36.5 Å². The third-order valence-electron chi connectivity index (χ3n) is 9.54. The average molecular weight is 656 g/mol. The number of para-hydroxylation sites is 1. The highest BCUT2D eigenvalue weighted by atomic mass is 35.5. The monoisotopic (exact) mass is 655 g/mol. The first kappa shape index (κ1) is 32.1. The summed E-state index contributed by atoms with van der Waals surface area (Å²) in [6, 6.07) is 24.6. The lowest BCUT2D eigenvalue weighted by Gasteiger charge is -2.39. The van der Waals surface area contributed by atoms with Crippen LogP contribution in [-0.2, 0) is 20.8 Å². The van der Waals surface area contributed by atoms with Crippen LogP contribution in [0, 0.1) is 11.8 Å². The number of amides is 3. The van der Waals surface area contributed by atoms with E-state index in [-0.39, 0.29) is 36.1 Å². The van der Waals surface area contributed by atoms with E-state index in [1.54, 1.807) is 62.9 Å². The molecule has 3 amide bonds. The van der Waals surface area contributed by atoms with Gasteiger partial charge in [0.2, 0.25) is 11.8 Å². The van der Waals surface area contributed by atoms with E-state index in [4.69, 9.17) is 11.6 Å². The summed E-state index contributed by atoms with van der Waals surface area (Å²) in [4.78, 5) is 49.3. The van der Waals surface area contributed by atoms with Gasteiger partial charge in [-0.3, -0.25) is 14.4 Å². The van der Waals surface area contributed by atoms with Gasteiger partial charge in [0, 0.05) is 34.7 Å². The van der Waals surface area contributed by atoms with Crippen molar-refractivity contribution in [3.05, 3.63) is 121 Å². The average Bonchev–Trinajstić information content (AvgIpc) is 3.73. The molecule has 3 aliphatic rings. The molecule has 0 aliphatic carbocycles. The molecule has 46 heavy (non-hydrogen) atoms. The normalized spacial score (nSPS) is 25.2. The van der Waals surface area contributed by atoms with Crippen molar-refractivity contribution in [3.63, 3.8) is 0 Å². The fourth-order valence-electron chi connectivity index (χ4n) is 7.64. The standard InChI is InChI=1S/C37H38ClN3O4S/c1-3-21-39(27-13-9-6-10-14-27)34(43)31-30-19-20-37(46-30)32(31)35(44)41(29(24-42)23-25-11-7-5-8-12-25)33(37)36(45)40(22-4-2)28-17-15-26(38)16-18-28/h3-18,29-33,42H,1-2,19-24H2/t29-,30-,31+,32+,33?,37?/m1/s1. The molecular weight excluding hydrogens is 618 g/mol. The smallest absolute Gasteiger partial charge is 0.251 e. The predicted octanol–water partition coefficient (Wildman–Crippen LogP) is 5.77. The molecule has 9 heteroatoms. The molecule has 3 heterocycles. The number of carbonyl (C=O) groups is 3. The van der Waals surface area contributed by atoms with Gasteiger partial charge in [-0.2, -0.15) is 0 Å². The van der Waals surface area contributed by atoms with Gasteiger partial charge in [-0.15, -0.1) is 24.9 Å². The maximum atomic E-state index is 15.0. The number of carbonyl (C=O) groups excluding carboxylic acids is 3.